The molecule has 0 aliphatic rings. The molecule has 0 aliphatic carbocycles. The van der Waals surface area contributed by atoms with E-state index in [1.807, 2.05) is 0 Å². The Morgan fingerprint density at radius 3 is 0.871 bits per heavy atom. The Morgan fingerprint density at radius 2 is 0.532 bits per heavy atom. The molecule has 8 heteroatoms. The summed E-state index contributed by atoms with van der Waals surface area (Å²) in [5.74, 6) is 1.84. The maximum absolute atomic E-state index is 6.47. The summed E-state index contributed by atoms with van der Waals surface area (Å²) in [6.45, 7) is 12.2. The van der Waals surface area contributed by atoms with Gasteiger partial charge >= 0.3 is 0 Å². The normalized spacial score (nSPS) is 11.5. The van der Waals surface area contributed by atoms with E-state index >= 15 is 0 Å². The number of nitrogens with zero attached hydrogens (tertiary/aromatic N) is 6. The molecule has 18 aromatic carbocycles. The highest BCUT2D eigenvalue weighted by Crippen LogP contribution is 2.48. The molecule has 0 amide bonds. The second kappa shape index (κ2) is 33.8. The molecule has 124 heavy (non-hydrogen) atoms. The fraction of sp³-hybridized carbons (Fsp3) is 0.103. The van der Waals surface area contributed by atoms with Crippen molar-refractivity contribution in [1.82, 2.24) is 18.3 Å². The fourth-order valence-electron chi connectivity index (χ4n) is 18.5. The van der Waals surface area contributed by atoms with Crippen LogP contribution in [0.1, 0.15) is 56.2 Å². The molecule has 0 N–H and O–H groups in total. The zero-order valence-electron chi connectivity index (χ0n) is 70.8. The smallest absolute Gasteiger partial charge is 0.127 e. The van der Waals surface area contributed by atoms with Crippen LogP contribution in [0.15, 0.2) is 400 Å². The van der Waals surface area contributed by atoms with Gasteiger partial charge in [0.05, 0.1) is 57.3 Å². The minimum absolute atomic E-state index is 0.701. The molecule has 0 bridgehead atoms. The van der Waals surface area contributed by atoms with Crippen LogP contribution in [0.2, 0.25) is 0 Å². The maximum atomic E-state index is 6.47. The highest BCUT2D eigenvalue weighted by Gasteiger charge is 2.23. The van der Waals surface area contributed by atoms with Crippen molar-refractivity contribution in [1.29, 1.82) is 0 Å². The largest absolute Gasteiger partial charge is 0.493 e. The highest BCUT2D eigenvalue weighted by atomic mass is 16.5. The number of ether oxygens (including phenoxy) is 2. The van der Waals surface area contributed by atoms with Crippen molar-refractivity contribution in [3.05, 3.63) is 417 Å². The Kier molecular flexibility index (Phi) is 21.1. The average molecular weight is 1610 g/mol. The average Bonchev–Trinajstić information content (AvgIpc) is 1.50. The monoisotopic (exact) mass is 1600 g/mol. The molecule has 0 atom stereocenters. The predicted molar refractivity (Wildman–Crippen MR) is 527 cm³/mol. The van der Waals surface area contributed by atoms with Gasteiger partial charge in [-0.25, -0.2) is 0 Å². The van der Waals surface area contributed by atoms with E-state index in [1.54, 1.807) is 0 Å². The molecule has 4 heterocycles. The van der Waals surface area contributed by atoms with Crippen molar-refractivity contribution >= 4 is 137 Å². The lowest BCUT2D eigenvalue weighted by Crippen LogP contribution is -2.10. The fourth-order valence-corrected chi connectivity index (χ4v) is 18.5. The lowest BCUT2D eigenvalue weighted by atomic mass is 9.90. The second-order valence-corrected chi connectivity index (χ2v) is 32.6. The first-order valence-electron chi connectivity index (χ1n) is 43.5. The Balaban J connectivity index is 0.000000118. The van der Waals surface area contributed by atoms with Gasteiger partial charge in [0.15, 0.2) is 0 Å². The van der Waals surface area contributed by atoms with Gasteiger partial charge in [-0.15, -0.1) is 0 Å². The van der Waals surface area contributed by atoms with Crippen molar-refractivity contribution < 1.29 is 9.47 Å². The Bertz CT molecular complexity index is 7170. The summed E-state index contributed by atoms with van der Waals surface area (Å²) in [6.07, 6.45) is 4.25. The van der Waals surface area contributed by atoms with Crippen LogP contribution in [-0.2, 0) is 0 Å². The molecule has 22 aromatic rings. The summed E-state index contributed by atoms with van der Waals surface area (Å²) in [5, 5.41) is 15.0. The molecular formula is C116H96N6O2. The third-order valence-electron chi connectivity index (χ3n) is 24.5. The van der Waals surface area contributed by atoms with E-state index in [9.17, 15) is 0 Å². The number of aromatic nitrogens is 4. The van der Waals surface area contributed by atoms with E-state index in [4.69, 9.17) is 9.47 Å². The van der Waals surface area contributed by atoms with Gasteiger partial charge in [0.2, 0.25) is 0 Å². The number of fused-ring (bicyclic) bond motifs is 14. The SMILES string of the molecule is CCCCOc1ccc2cc(C)ccc2c1-c1c(OCCCC)ccc2cc(-c3cccc(C)c3)ccc12.CN(c1ccc(-n2c3ccccc3c3ccccc32)cc1)c1ccc(-n2c3ccccc3c3ccccc32)cc1.Cc1cccc(N(c2ccc(-n3c4ccccc4c4ccccc43)cc2)c2ccc(-n3c4ccccc4c4ccccc43)cc2)c1. The van der Waals surface area contributed by atoms with Gasteiger partial charge in [-0.2, -0.15) is 0 Å². The molecule has 0 saturated heterocycles. The molecule has 0 radical (unpaired) electrons. The number of hydrogen-bond donors (Lipinski definition) is 0. The van der Waals surface area contributed by atoms with Crippen LogP contribution in [0.25, 0.3) is 154 Å². The van der Waals surface area contributed by atoms with Gasteiger partial charge in [0, 0.05) is 112 Å². The minimum atomic E-state index is 0.701. The van der Waals surface area contributed by atoms with Gasteiger partial charge in [-0.1, -0.05) is 262 Å². The van der Waals surface area contributed by atoms with Crippen molar-refractivity contribution in [2.45, 2.75) is 60.3 Å². The predicted octanol–water partition coefficient (Wildman–Crippen LogP) is 31.6. The highest BCUT2D eigenvalue weighted by molar-refractivity contribution is 6.14. The first kappa shape index (κ1) is 77.5. The number of benzene rings is 18. The molecule has 0 aliphatic heterocycles. The Hall–Kier alpha value is -15.1. The van der Waals surface area contributed by atoms with Crippen molar-refractivity contribution in [2.75, 3.05) is 30.1 Å². The van der Waals surface area contributed by atoms with E-state index in [-0.39, 0.29) is 0 Å². The van der Waals surface area contributed by atoms with Gasteiger partial charge in [-0.3, -0.25) is 0 Å². The summed E-state index contributed by atoms with van der Waals surface area (Å²) in [6, 6.07) is 144. The third kappa shape index (κ3) is 14.6. The molecule has 22 rings (SSSR count). The van der Waals surface area contributed by atoms with Crippen LogP contribution >= 0.6 is 0 Å². The van der Waals surface area contributed by atoms with Crippen molar-refractivity contribution in [3.63, 3.8) is 0 Å². The summed E-state index contributed by atoms with van der Waals surface area (Å²) in [5.41, 5.74) is 28.5. The number of unbranched alkanes of at least 4 members (excludes halogenated alkanes) is 2. The quantitative estimate of drug-likeness (QED) is 0.0757. The third-order valence-corrected chi connectivity index (χ3v) is 24.5. The van der Waals surface area contributed by atoms with E-state index in [0.717, 1.165) is 99.5 Å². The molecule has 8 nitrogen and oxygen atoms in total. The second-order valence-electron chi connectivity index (χ2n) is 32.6. The van der Waals surface area contributed by atoms with Crippen LogP contribution in [0, 0.1) is 20.8 Å². The van der Waals surface area contributed by atoms with Gasteiger partial charge in [-0.05, 0) is 248 Å². The van der Waals surface area contributed by atoms with Gasteiger partial charge in [0.25, 0.3) is 0 Å². The van der Waals surface area contributed by atoms with Crippen LogP contribution in [0.5, 0.6) is 11.5 Å². The number of aryl methyl sites for hydroxylation is 3. The summed E-state index contributed by atoms with van der Waals surface area (Å²) in [4.78, 5) is 4.59. The molecule has 0 spiro atoms. The first-order valence-corrected chi connectivity index (χ1v) is 43.5. The molecule has 0 saturated carbocycles. The molecule has 602 valence electrons. The van der Waals surface area contributed by atoms with Crippen LogP contribution in [0.4, 0.5) is 28.4 Å². The summed E-state index contributed by atoms with van der Waals surface area (Å²) >= 11 is 0. The van der Waals surface area contributed by atoms with E-state index < -0.39 is 0 Å². The Morgan fingerprint density at radius 1 is 0.234 bits per heavy atom. The summed E-state index contributed by atoms with van der Waals surface area (Å²) < 4.78 is 22.4. The number of anilines is 5. The van der Waals surface area contributed by atoms with Crippen LogP contribution in [0.3, 0.4) is 0 Å². The lowest BCUT2D eigenvalue weighted by molar-refractivity contribution is 0.306. The van der Waals surface area contributed by atoms with Crippen LogP contribution in [-0.4, -0.2) is 38.5 Å². The minimum Gasteiger partial charge on any atom is -0.493 e. The van der Waals surface area contributed by atoms with E-state index in [0.29, 0.717) is 13.2 Å². The van der Waals surface area contributed by atoms with Crippen molar-refractivity contribution in [2.24, 2.45) is 0 Å². The van der Waals surface area contributed by atoms with E-state index in [1.165, 1.54) is 137 Å². The lowest BCUT2D eigenvalue weighted by Gasteiger charge is -2.26. The number of para-hydroxylation sites is 8. The van der Waals surface area contributed by atoms with Crippen molar-refractivity contribution in [3.8, 4) is 56.5 Å². The topological polar surface area (TPSA) is 44.7 Å². The number of hydrogen-bond acceptors (Lipinski definition) is 4. The van der Waals surface area contributed by atoms with Crippen LogP contribution < -0.4 is 19.3 Å². The van der Waals surface area contributed by atoms with Gasteiger partial charge < -0.3 is 37.5 Å². The molecular weight excluding hydrogens is 1510 g/mol. The standard InChI is InChI=1S/C43H31N3.C37H27N3.C36H38O2/c1-30-11-10-12-35(29-30)44(31-21-25-33(26-22-31)45-40-17-6-2-13-36(40)37-14-3-7-18-41(37)45)32-23-27-34(28-24-32)46-42-19-8-4-15-38(42)39-16-5-9-20-43(39)46;1-38(26-18-22-28(23-19-26)39-34-14-6-2-10-30(34)31-11-3-7-15-35(31)39)27-20-24-29(25-21-27)40-36-16-8-4-12-32(36)33-13-5-9-17-37(33)40;1-5-7-20-37-33-18-14-29-23-26(4)12-16-31(29)35(33)36-32-17-13-28(27-11-9-10-25(3)22-27)24-30(32)15-19-34(36)38-21-8-6-2/h2-29H,1H3;2-25H,1H3;9-19,22-24H,5-8,20-21H2,1-4H3. The zero-order chi connectivity index (χ0) is 83.7. The first-order chi connectivity index (χ1) is 61.1. The van der Waals surface area contributed by atoms with E-state index in [2.05, 4.69) is 470 Å². The molecule has 0 unspecified atom stereocenters. The maximum Gasteiger partial charge on any atom is 0.127 e. The number of rotatable bonds is 19. The zero-order valence-corrected chi connectivity index (χ0v) is 70.8. The Labute approximate surface area is 724 Å². The summed E-state index contributed by atoms with van der Waals surface area (Å²) in [7, 11) is 2.13. The molecule has 4 aromatic heterocycles. The molecule has 0 fully saturated rings. The van der Waals surface area contributed by atoms with Gasteiger partial charge in [0.1, 0.15) is 11.5 Å².